The number of ketones is 1. The number of nitrogens with zero attached hydrogens (tertiary/aromatic N) is 3. The standard InChI is InChI=1S/C18H21Cl2N3O3/c1-10-7-23(8-11(2)26-10)9-14-15(19)5-4-12(16(14)20)17(24)13-6-21-22(3)18(13)25/h4-6,10-11,25H,7-9H2,1-3H3. The van der Waals surface area contributed by atoms with Crippen LogP contribution < -0.4 is 0 Å². The third-order valence-corrected chi connectivity index (χ3v) is 5.25. The van der Waals surface area contributed by atoms with E-state index < -0.39 is 0 Å². The first kappa shape index (κ1) is 19.2. The number of aromatic nitrogens is 2. The van der Waals surface area contributed by atoms with E-state index in [4.69, 9.17) is 27.9 Å². The van der Waals surface area contributed by atoms with Gasteiger partial charge in [0.2, 0.25) is 11.7 Å². The minimum atomic E-state index is -0.387. The van der Waals surface area contributed by atoms with E-state index in [1.807, 2.05) is 13.8 Å². The Kier molecular flexibility index (Phi) is 5.58. The predicted molar refractivity (Wildman–Crippen MR) is 100 cm³/mol. The van der Waals surface area contributed by atoms with E-state index in [2.05, 4.69) is 10.00 Å². The third-order valence-electron chi connectivity index (χ3n) is 4.46. The molecule has 8 heteroatoms. The lowest BCUT2D eigenvalue weighted by molar-refractivity contribution is -0.0704. The number of carbonyl (C=O) groups is 1. The summed E-state index contributed by atoms with van der Waals surface area (Å²) in [6, 6.07) is 3.24. The fraction of sp³-hybridized carbons (Fsp3) is 0.444. The van der Waals surface area contributed by atoms with E-state index in [-0.39, 0.29) is 29.4 Å². The number of ether oxygens (including phenoxy) is 1. The van der Waals surface area contributed by atoms with Crippen LogP contribution in [0.2, 0.25) is 10.0 Å². The molecule has 140 valence electrons. The zero-order valence-electron chi connectivity index (χ0n) is 14.9. The number of hydrogen-bond donors (Lipinski definition) is 1. The highest BCUT2D eigenvalue weighted by atomic mass is 35.5. The molecule has 2 aromatic rings. The molecule has 0 amide bonds. The number of halogens is 2. The number of aryl methyl sites for hydroxylation is 1. The molecule has 1 aliphatic rings. The molecule has 0 spiro atoms. The number of morpholine rings is 1. The van der Waals surface area contributed by atoms with Crippen LogP contribution in [0.4, 0.5) is 0 Å². The number of hydrogen-bond acceptors (Lipinski definition) is 5. The van der Waals surface area contributed by atoms with Gasteiger partial charge in [-0.15, -0.1) is 0 Å². The molecule has 1 saturated heterocycles. The summed E-state index contributed by atoms with van der Waals surface area (Å²) in [6.07, 6.45) is 1.56. The first-order valence-electron chi connectivity index (χ1n) is 8.38. The highest BCUT2D eigenvalue weighted by Crippen LogP contribution is 2.32. The van der Waals surface area contributed by atoms with Crippen molar-refractivity contribution in [2.24, 2.45) is 7.05 Å². The molecule has 3 rings (SSSR count). The van der Waals surface area contributed by atoms with E-state index in [0.29, 0.717) is 27.7 Å². The van der Waals surface area contributed by atoms with Crippen LogP contribution in [0, 0.1) is 0 Å². The van der Waals surface area contributed by atoms with Crippen molar-refractivity contribution >= 4 is 29.0 Å². The number of aromatic hydroxyl groups is 1. The fourth-order valence-electron chi connectivity index (χ4n) is 3.29. The maximum atomic E-state index is 12.8. The molecule has 0 bridgehead atoms. The van der Waals surface area contributed by atoms with Gasteiger partial charge in [0.25, 0.3) is 0 Å². The van der Waals surface area contributed by atoms with Crippen LogP contribution in [0.15, 0.2) is 18.3 Å². The molecular formula is C18H21Cl2N3O3. The predicted octanol–water partition coefficient (Wildman–Crippen LogP) is 3.27. The molecular weight excluding hydrogens is 377 g/mol. The van der Waals surface area contributed by atoms with Crippen LogP contribution in [0.1, 0.15) is 35.3 Å². The summed E-state index contributed by atoms with van der Waals surface area (Å²) in [5, 5.41) is 14.7. The first-order chi connectivity index (χ1) is 12.3. The van der Waals surface area contributed by atoms with Gasteiger partial charge < -0.3 is 9.84 Å². The van der Waals surface area contributed by atoms with Crippen LogP contribution in [0.25, 0.3) is 0 Å². The highest BCUT2D eigenvalue weighted by Gasteiger charge is 2.26. The van der Waals surface area contributed by atoms with Gasteiger partial charge in [0.1, 0.15) is 5.56 Å². The molecule has 0 aliphatic carbocycles. The summed E-state index contributed by atoms with van der Waals surface area (Å²) in [5.41, 5.74) is 1.10. The van der Waals surface area contributed by atoms with E-state index in [1.54, 1.807) is 19.2 Å². The molecule has 1 aromatic heterocycles. The van der Waals surface area contributed by atoms with Crippen molar-refractivity contribution in [3.8, 4) is 5.88 Å². The molecule has 1 fully saturated rings. The minimum Gasteiger partial charge on any atom is -0.493 e. The Hall–Kier alpha value is -1.60. The van der Waals surface area contributed by atoms with E-state index >= 15 is 0 Å². The largest absolute Gasteiger partial charge is 0.493 e. The number of carbonyl (C=O) groups excluding carboxylic acids is 1. The van der Waals surface area contributed by atoms with Gasteiger partial charge in [-0.2, -0.15) is 5.10 Å². The van der Waals surface area contributed by atoms with E-state index in [9.17, 15) is 9.90 Å². The second-order valence-corrected chi connectivity index (χ2v) is 7.46. The molecule has 1 N–H and O–H groups in total. The van der Waals surface area contributed by atoms with Crippen molar-refractivity contribution in [1.82, 2.24) is 14.7 Å². The van der Waals surface area contributed by atoms with Crippen molar-refractivity contribution in [3.63, 3.8) is 0 Å². The zero-order chi connectivity index (χ0) is 19.0. The Balaban J connectivity index is 1.91. The van der Waals surface area contributed by atoms with Crippen molar-refractivity contribution in [2.45, 2.75) is 32.6 Å². The normalized spacial score (nSPS) is 21.1. The summed E-state index contributed by atoms with van der Waals surface area (Å²) >= 11 is 12.9. The quantitative estimate of drug-likeness (QED) is 0.801. The molecule has 0 radical (unpaired) electrons. The van der Waals surface area contributed by atoms with E-state index in [0.717, 1.165) is 13.1 Å². The second kappa shape index (κ2) is 7.56. The molecule has 6 nitrogen and oxygen atoms in total. The van der Waals surface area contributed by atoms with Gasteiger partial charge in [0, 0.05) is 42.8 Å². The van der Waals surface area contributed by atoms with Crippen LogP contribution in [0.5, 0.6) is 5.88 Å². The van der Waals surface area contributed by atoms with Gasteiger partial charge >= 0.3 is 0 Å². The summed E-state index contributed by atoms with van der Waals surface area (Å²) < 4.78 is 6.98. The third kappa shape index (κ3) is 3.74. The van der Waals surface area contributed by atoms with Crippen molar-refractivity contribution in [2.75, 3.05) is 13.1 Å². The average molecular weight is 398 g/mol. The second-order valence-electron chi connectivity index (χ2n) is 6.67. The Labute approximate surface area is 162 Å². The van der Waals surface area contributed by atoms with Gasteiger partial charge in [-0.1, -0.05) is 23.2 Å². The van der Waals surface area contributed by atoms with Crippen molar-refractivity contribution < 1.29 is 14.6 Å². The average Bonchev–Trinajstić information content (AvgIpc) is 2.89. The van der Waals surface area contributed by atoms with Gasteiger partial charge in [0.15, 0.2) is 0 Å². The highest BCUT2D eigenvalue weighted by molar-refractivity contribution is 6.38. The molecule has 2 atom stereocenters. The lowest BCUT2D eigenvalue weighted by Crippen LogP contribution is -2.44. The molecule has 1 aliphatic heterocycles. The Morgan fingerprint density at radius 2 is 1.92 bits per heavy atom. The first-order valence-corrected chi connectivity index (χ1v) is 9.13. The maximum absolute atomic E-state index is 12.8. The van der Waals surface area contributed by atoms with Gasteiger partial charge in [-0.05, 0) is 26.0 Å². The van der Waals surface area contributed by atoms with Crippen LogP contribution in [-0.4, -0.2) is 50.9 Å². The van der Waals surface area contributed by atoms with Gasteiger partial charge in [-0.3, -0.25) is 9.69 Å². The number of rotatable bonds is 4. The lowest BCUT2D eigenvalue weighted by Gasteiger charge is -2.35. The lowest BCUT2D eigenvalue weighted by atomic mass is 10.0. The fourth-order valence-corrected chi connectivity index (χ4v) is 3.87. The summed E-state index contributed by atoms with van der Waals surface area (Å²) in [4.78, 5) is 15.0. The molecule has 2 unspecified atom stereocenters. The van der Waals surface area contributed by atoms with Crippen LogP contribution >= 0.6 is 23.2 Å². The molecule has 1 aromatic carbocycles. The monoisotopic (exact) mass is 397 g/mol. The van der Waals surface area contributed by atoms with Crippen LogP contribution in [-0.2, 0) is 18.3 Å². The zero-order valence-corrected chi connectivity index (χ0v) is 16.4. The molecule has 2 heterocycles. The van der Waals surface area contributed by atoms with Crippen molar-refractivity contribution in [1.29, 1.82) is 0 Å². The molecule has 0 saturated carbocycles. The molecule has 26 heavy (non-hydrogen) atoms. The number of benzene rings is 1. The Morgan fingerprint density at radius 1 is 1.27 bits per heavy atom. The van der Waals surface area contributed by atoms with Gasteiger partial charge in [0.05, 0.1) is 23.4 Å². The Morgan fingerprint density at radius 3 is 2.50 bits per heavy atom. The topological polar surface area (TPSA) is 67.6 Å². The smallest absolute Gasteiger partial charge is 0.220 e. The summed E-state index contributed by atoms with van der Waals surface area (Å²) in [7, 11) is 1.56. The van der Waals surface area contributed by atoms with Crippen molar-refractivity contribution in [3.05, 3.63) is 45.1 Å². The minimum absolute atomic E-state index is 0.108. The maximum Gasteiger partial charge on any atom is 0.220 e. The van der Waals surface area contributed by atoms with Gasteiger partial charge in [-0.25, -0.2) is 4.68 Å². The SMILES string of the molecule is CC1CN(Cc2c(Cl)ccc(C(=O)c3cnn(C)c3O)c2Cl)CC(C)O1. The summed E-state index contributed by atoms with van der Waals surface area (Å²) in [5.74, 6) is -0.583. The summed E-state index contributed by atoms with van der Waals surface area (Å²) in [6.45, 7) is 6.10. The van der Waals surface area contributed by atoms with E-state index in [1.165, 1.54) is 10.9 Å². The van der Waals surface area contributed by atoms with Crippen LogP contribution in [0.3, 0.4) is 0 Å². The Bertz CT molecular complexity index is 827.